The Balaban J connectivity index is 1.31. The summed E-state index contributed by atoms with van der Waals surface area (Å²) in [5, 5.41) is 0. The van der Waals surface area contributed by atoms with Crippen molar-refractivity contribution in [3.8, 4) is 5.75 Å². The third-order valence-corrected chi connectivity index (χ3v) is 7.82. The highest BCUT2D eigenvalue weighted by molar-refractivity contribution is 5.97. The van der Waals surface area contributed by atoms with Gasteiger partial charge in [0.05, 0.1) is 29.6 Å². The van der Waals surface area contributed by atoms with Gasteiger partial charge in [-0.1, -0.05) is 24.3 Å². The summed E-state index contributed by atoms with van der Waals surface area (Å²) in [7, 11) is 3.27. The second kappa shape index (κ2) is 11.5. The van der Waals surface area contributed by atoms with Gasteiger partial charge in [0, 0.05) is 58.4 Å². The molecule has 3 aromatic rings. The first-order valence-corrected chi connectivity index (χ1v) is 13.4. The van der Waals surface area contributed by atoms with Crippen LogP contribution in [0.5, 0.6) is 5.75 Å². The Kier molecular flexibility index (Phi) is 7.95. The number of rotatable bonds is 8. The van der Waals surface area contributed by atoms with E-state index in [1.807, 2.05) is 35.2 Å². The quantitative estimate of drug-likeness (QED) is 0.459. The number of aryl methyl sites for hydroxylation is 1. The van der Waals surface area contributed by atoms with E-state index in [0.29, 0.717) is 44.1 Å². The SMILES string of the molecule is COCCCn1c([C@@H]2CCCN(C(=O)[C@@H]3CN(C(=O)c4ccccc4OC)C[C@H]3N)C2)nc2ccccc21. The molecule has 2 aliphatic heterocycles. The molecule has 3 heterocycles. The van der Waals surface area contributed by atoms with Crippen LogP contribution >= 0.6 is 0 Å². The molecular weight excluding hydrogens is 482 g/mol. The van der Waals surface area contributed by atoms with E-state index in [0.717, 1.165) is 42.7 Å². The van der Waals surface area contributed by atoms with Crippen molar-refractivity contribution in [1.29, 1.82) is 0 Å². The number of benzene rings is 2. The van der Waals surface area contributed by atoms with Gasteiger partial charge in [0.1, 0.15) is 11.6 Å². The number of carbonyl (C=O) groups excluding carboxylic acids is 2. The van der Waals surface area contributed by atoms with Gasteiger partial charge in [0.15, 0.2) is 0 Å². The van der Waals surface area contributed by atoms with Crippen LogP contribution in [-0.4, -0.2) is 84.2 Å². The predicted molar refractivity (Wildman–Crippen MR) is 145 cm³/mol. The van der Waals surface area contributed by atoms with Gasteiger partial charge in [-0.15, -0.1) is 0 Å². The van der Waals surface area contributed by atoms with E-state index in [9.17, 15) is 9.59 Å². The number of fused-ring (bicyclic) bond motifs is 1. The molecule has 5 rings (SSSR count). The predicted octanol–water partition coefficient (Wildman–Crippen LogP) is 2.89. The normalized spacial score (nSPS) is 21.7. The van der Waals surface area contributed by atoms with Crippen molar-refractivity contribution in [2.24, 2.45) is 11.7 Å². The molecule has 1 aromatic heterocycles. The summed E-state index contributed by atoms with van der Waals surface area (Å²) in [5.74, 6) is 1.14. The number of hydrogen-bond donors (Lipinski definition) is 1. The monoisotopic (exact) mass is 519 g/mol. The maximum atomic E-state index is 13.7. The molecule has 2 saturated heterocycles. The fourth-order valence-electron chi connectivity index (χ4n) is 5.88. The number of imidazole rings is 1. The number of methoxy groups -OCH3 is 2. The van der Waals surface area contributed by atoms with Crippen LogP contribution in [0.2, 0.25) is 0 Å². The fourth-order valence-corrected chi connectivity index (χ4v) is 5.88. The third-order valence-electron chi connectivity index (χ3n) is 7.82. The minimum absolute atomic E-state index is 0.0274. The molecule has 3 atom stereocenters. The van der Waals surface area contributed by atoms with Gasteiger partial charge in [-0.25, -0.2) is 4.98 Å². The first kappa shape index (κ1) is 26.2. The smallest absolute Gasteiger partial charge is 0.257 e. The lowest BCUT2D eigenvalue weighted by molar-refractivity contribution is -0.136. The highest BCUT2D eigenvalue weighted by Crippen LogP contribution is 2.32. The van der Waals surface area contributed by atoms with E-state index >= 15 is 0 Å². The van der Waals surface area contributed by atoms with E-state index in [-0.39, 0.29) is 17.7 Å². The maximum Gasteiger partial charge on any atom is 0.257 e. The summed E-state index contributed by atoms with van der Waals surface area (Å²) in [5.41, 5.74) is 9.03. The molecule has 2 aromatic carbocycles. The Morgan fingerprint density at radius 1 is 1.03 bits per heavy atom. The van der Waals surface area contributed by atoms with Crippen LogP contribution in [0.15, 0.2) is 48.5 Å². The van der Waals surface area contributed by atoms with Crippen LogP contribution in [0.25, 0.3) is 11.0 Å². The summed E-state index contributed by atoms with van der Waals surface area (Å²) in [6.07, 6.45) is 2.78. The molecule has 0 saturated carbocycles. The van der Waals surface area contributed by atoms with Crippen molar-refractivity contribution < 1.29 is 19.1 Å². The van der Waals surface area contributed by atoms with Crippen LogP contribution in [-0.2, 0) is 16.1 Å². The van der Waals surface area contributed by atoms with E-state index in [1.54, 1.807) is 31.3 Å². The van der Waals surface area contributed by atoms with E-state index in [4.69, 9.17) is 20.2 Å². The average molecular weight is 520 g/mol. The summed E-state index contributed by atoms with van der Waals surface area (Å²) < 4.78 is 12.9. The molecule has 9 nitrogen and oxygen atoms in total. The number of piperidine rings is 1. The molecule has 2 N–H and O–H groups in total. The molecule has 0 unspecified atom stereocenters. The molecule has 0 aliphatic carbocycles. The lowest BCUT2D eigenvalue weighted by atomic mass is 9.94. The van der Waals surface area contributed by atoms with Crippen molar-refractivity contribution in [1.82, 2.24) is 19.4 Å². The molecule has 0 bridgehead atoms. The first-order chi connectivity index (χ1) is 18.5. The lowest BCUT2D eigenvalue weighted by Gasteiger charge is -2.35. The Morgan fingerprint density at radius 2 is 1.82 bits per heavy atom. The van der Waals surface area contributed by atoms with Crippen LogP contribution in [0.3, 0.4) is 0 Å². The van der Waals surface area contributed by atoms with Crippen LogP contribution in [0, 0.1) is 5.92 Å². The number of hydrogen-bond acceptors (Lipinski definition) is 6. The number of amides is 2. The minimum Gasteiger partial charge on any atom is -0.496 e. The molecule has 202 valence electrons. The van der Waals surface area contributed by atoms with Gasteiger partial charge < -0.3 is 29.6 Å². The van der Waals surface area contributed by atoms with Gasteiger partial charge >= 0.3 is 0 Å². The number of likely N-dealkylation sites (tertiary alicyclic amines) is 2. The summed E-state index contributed by atoms with van der Waals surface area (Å²) in [4.78, 5) is 35.6. The van der Waals surface area contributed by atoms with Gasteiger partial charge in [-0.05, 0) is 43.5 Å². The fraction of sp³-hybridized carbons (Fsp3) is 0.483. The zero-order valence-corrected chi connectivity index (χ0v) is 22.2. The Hall–Kier alpha value is -3.43. The van der Waals surface area contributed by atoms with Crippen molar-refractivity contribution in [2.75, 3.05) is 47.0 Å². The van der Waals surface area contributed by atoms with E-state index < -0.39 is 12.0 Å². The van der Waals surface area contributed by atoms with Gasteiger partial charge in [-0.3, -0.25) is 9.59 Å². The Morgan fingerprint density at radius 3 is 2.63 bits per heavy atom. The number of nitrogens with zero attached hydrogens (tertiary/aromatic N) is 4. The standard InChI is InChI=1S/C29H37N5O4/c1-37-16-8-15-34-25-12-5-4-11-24(25)31-27(34)20-9-7-14-32(17-20)29(36)22-18-33(19-23(22)30)28(35)21-10-3-6-13-26(21)38-2/h3-6,10-13,20,22-23H,7-9,14-19,30H2,1-2H3/t20-,22-,23-/m1/s1. The molecule has 9 heteroatoms. The molecule has 2 aliphatic rings. The van der Waals surface area contributed by atoms with Crippen molar-refractivity contribution >= 4 is 22.8 Å². The average Bonchev–Trinajstić information content (AvgIpc) is 3.53. The summed E-state index contributed by atoms with van der Waals surface area (Å²) in [6, 6.07) is 14.9. The zero-order chi connectivity index (χ0) is 26.6. The van der Waals surface area contributed by atoms with Gasteiger partial charge in [-0.2, -0.15) is 0 Å². The lowest BCUT2D eigenvalue weighted by Crippen LogP contribution is -2.47. The number of nitrogens with two attached hydrogens (primary N) is 1. The number of carbonyl (C=O) groups is 2. The molecule has 38 heavy (non-hydrogen) atoms. The minimum atomic E-state index is -0.423. The summed E-state index contributed by atoms with van der Waals surface area (Å²) in [6.45, 7) is 3.47. The van der Waals surface area contributed by atoms with Crippen LogP contribution in [0.1, 0.15) is 41.4 Å². The van der Waals surface area contributed by atoms with Crippen LogP contribution in [0.4, 0.5) is 0 Å². The highest BCUT2D eigenvalue weighted by atomic mass is 16.5. The van der Waals surface area contributed by atoms with Gasteiger partial charge in [0.2, 0.25) is 5.91 Å². The highest BCUT2D eigenvalue weighted by Gasteiger charge is 2.41. The summed E-state index contributed by atoms with van der Waals surface area (Å²) >= 11 is 0. The largest absolute Gasteiger partial charge is 0.496 e. The number of ether oxygens (including phenoxy) is 2. The van der Waals surface area contributed by atoms with Crippen molar-refractivity contribution in [3.63, 3.8) is 0 Å². The second-order valence-corrected chi connectivity index (χ2v) is 10.3. The molecule has 0 spiro atoms. The van der Waals surface area contributed by atoms with E-state index in [1.165, 1.54) is 0 Å². The number of para-hydroxylation sites is 3. The Bertz CT molecular complexity index is 1290. The zero-order valence-electron chi connectivity index (χ0n) is 22.2. The van der Waals surface area contributed by atoms with Crippen molar-refractivity contribution in [3.05, 3.63) is 59.9 Å². The number of aromatic nitrogens is 2. The maximum absolute atomic E-state index is 13.7. The molecule has 0 radical (unpaired) electrons. The van der Waals surface area contributed by atoms with E-state index in [2.05, 4.69) is 10.6 Å². The second-order valence-electron chi connectivity index (χ2n) is 10.3. The molecule has 2 amide bonds. The Labute approximate surface area is 223 Å². The first-order valence-electron chi connectivity index (χ1n) is 13.4. The molecule has 2 fully saturated rings. The topological polar surface area (TPSA) is 103 Å². The molecular formula is C29H37N5O4. The van der Waals surface area contributed by atoms with Crippen molar-refractivity contribution in [2.45, 2.75) is 37.8 Å². The van der Waals surface area contributed by atoms with Crippen LogP contribution < -0.4 is 10.5 Å². The third kappa shape index (κ3) is 5.13. The van der Waals surface area contributed by atoms with Gasteiger partial charge in [0.25, 0.3) is 5.91 Å².